The molecule has 0 radical (unpaired) electrons. The van der Waals surface area contributed by atoms with E-state index in [1.807, 2.05) is 0 Å². The summed E-state index contributed by atoms with van der Waals surface area (Å²) in [5.74, 6) is 1.00. The van der Waals surface area contributed by atoms with Crippen LogP contribution in [0.25, 0.3) is 0 Å². The zero-order valence-electron chi connectivity index (χ0n) is 11.2. The van der Waals surface area contributed by atoms with Crippen LogP contribution in [0.4, 0.5) is 4.39 Å². The molecule has 0 atom stereocenters. The second-order valence-corrected chi connectivity index (χ2v) is 4.13. The number of hydrogen-bond acceptors (Lipinski definition) is 4. The normalized spacial score (nSPS) is 18.0. The Morgan fingerprint density at radius 1 is 1.40 bits per heavy atom. The largest absolute Gasteiger partial charge is 0.368 e. The maximum Gasteiger partial charge on any atom is 0.156 e. The fourth-order valence-electron chi connectivity index (χ4n) is 1.82. The third kappa shape index (κ3) is 3.28. The van der Waals surface area contributed by atoms with Gasteiger partial charge in [-0.15, -0.1) is 0 Å². The van der Waals surface area contributed by atoms with Gasteiger partial charge in [-0.2, -0.15) is 0 Å². The van der Waals surface area contributed by atoms with E-state index < -0.39 is 0 Å². The number of hydrogen-bond donors (Lipinski definition) is 2. The minimum atomic E-state index is -0.229. The third-order valence-electron chi connectivity index (χ3n) is 2.84. The molecule has 2 rings (SSSR count). The van der Waals surface area contributed by atoms with Gasteiger partial charge in [-0.25, -0.2) is 14.4 Å². The second-order valence-electron chi connectivity index (χ2n) is 4.13. The fraction of sp³-hybridized carbons (Fsp3) is 0.214. The van der Waals surface area contributed by atoms with Crippen LogP contribution >= 0.6 is 0 Å². The molecule has 20 heavy (non-hydrogen) atoms. The van der Waals surface area contributed by atoms with E-state index in [-0.39, 0.29) is 5.82 Å². The van der Waals surface area contributed by atoms with Gasteiger partial charge < -0.3 is 10.6 Å². The highest BCUT2D eigenvalue weighted by Crippen LogP contribution is 2.09. The minimum absolute atomic E-state index is 0.229. The molecule has 1 aliphatic heterocycles. The van der Waals surface area contributed by atoms with Crippen LogP contribution in [0.2, 0.25) is 0 Å². The first kappa shape index (κ1) is 13.9. The van der Waals surface area contributed by atoms with Crippen molar-refractivity contribution in [3.63, 3.8) is 0 Å². The van der Waals surface area contributed by atoms with E-state index in [9.17, 15) is 4.39 Å². The molecule has 6 heteroatoms. The summed E-state index contributed by atoms with van der Waals surface area (Å²) in [6, 6.07) is 6.43. The number of benzene rings is 1. The van der Waals surface area contributed by atoms with E-state index in [1.54, 1.807) is 25.5 Å². The summed E-state index contributed by atoms with van der Waals surface area (Å²) in [4.78, 5) is 12.2. The van der Waals surface area contributed by atoms with Crippen LogP contribution in [0.15, 0.2) is 50.8 Å². The Balaban J connectivity index is 1.98. The average Bonchev–Trinajstić information content (AvgIpc) is 2.94. The van der Waals surface area contributed by atoms with Gasteiger partial charge in [0, 0.05) is 13.6 Å². The minimum Gasteiger partial charge on any atom is -0.368 e. The van der Waals surface area contributed by atoms with Crippen molar-refractivity contribution < 1.29 is 4.39 Å². The molecule has 0 fully saturated rings. The van der Waals surface area contributed by atoms with Crippen LogP contribution in [-0.2, 0) is 6.42 Å². The van der Waals surface area contributed by atoms with E-state index >= 15 is 0 Å². The van der Waals surface area contributed by atoms with Gasteiger partial charge in [-0.05, 0) is 30.8 Å². The van der Waals surface area contributed by atoms with E-state index in [0.29, 0.717) is 23.9 Å². The molecule has 0 aliphatic carbocycles. The highest BCUT2D eigenvalue weighted by Gasteiger charge is 2.14. The van der Waals surface area contributed by atoms with Crippen LogP contribution in [-0.4, -0.2) is 32.5 Å². The molecule has 1 aromatic rings. The van der Waals surface area contributed by atoms with Crippen LogP contribution in [0, 0.1) is 5.82 Å². The summed E-state index contributed by atoms with van der Waals surface area (Å²) in [5.41, 5.74) is 1.69. The molecule has 2 N–H and O–H groups in total. The van der Waals surface area contributed by atoms with Crippen LogP contribution in [0.5, 0.6) is 0 Å². The number of aliphatic imine (C=N–C) groups is 3. The predicted molar refractivity (Wildman–Crippen MR) is 79.7 cm³/mol. The van der Waals surface area contributed by atoms with E-state index in [4.69, 9.17) is 0 Å². The van der Waals surface area contributed by atoms with Crippen molar-refractivity contribution in [3.05, 3.63) is 47.2 Å². The van der Waals surface area contributed by atoms with Crippen molar-refractivity contribution in [3.8, 4) is 0 Å². The third-order valence-corrected chi connectivity index (χ3v) is 2.84. The van der Waals surface area contributed by atoms with Gasteiger partial charge >= 0.3 is 0 Å². The quantitative estimate of drug-likeness (QED) is 0.798. The SMILES string of the molecule is C=N/C(NCCc1ccc(F)cc1)=C1/N=CN/C1=N/C. The molecule has 0 aromatic heterocycles. The lowest BCUT2D eigenvalue weighted by atomic mass is 10.1. The Morgan fingerprint density at radius 3 is 2.80 bits per heavy atom. The summed E-state index contributed by atoms with van der Waals surface area (Å²) in [6.07, 6.45) is 2.31. The molecule has 104 valence electrons. The predicted octanol–water partition coefficient (Wildman–Crippen LogP) is 1.49. The van der Waals surface area contributed by atoms with Crippen molar-refractivity contribution in [2.45, 2.75) is 6.42 Å². The number of nitrogens with one attached hydrogen (secondary N) is 2. The number of halogens is 1. The molecule has 0 bridgehead atoms. The fourth-order valence-corrected chi connectivity index (χ4v) is 1.82. The Labute approximate surface area is 117 Å². The van der Waals surface area contributed by atoms with Gasteiger partial charge in [0.2, 0.25) is 0 Å². The zero-order valence-corrected chi connectivity index (χ0v) is 11.2. The lowest BCUT2D eigenvalue weighted by Gasteiger charge is -2.08. The van der Waals surface area contributed by atoms with Crippen molar-refractivity contribution in [2.75, 3.05) is 13.6 Å². The van der Waals surface area contributed by atoms with E-state index in [2.05, 4.69) is 32.3 Å². The van der Waals surface area contributed by atoms with E-state index in [0.717, 1.165) is 12.0 Å². The summed E-state index contributed by atoms with van der Waals surface area (Å²) < 4.78 is 12.8. The summed E-state index contributed by atoms with van der Waals surface area (Å²) in [6.45, 7) is 4.18. The molecule has 0 amide bonds. The summed E-state index contributed by atoms with van der Waals surface area (Å²) >= 11 is 0. The van der Waals surface area contributed by atoms with Gasteiger partial charge in [0.05, 0.1) is 6.34 Å². The van der Waals surface area contributed by atoms with Crippen LogP contribution in [0.1, 0.15) is 5.56 Å². The Hall–Kier alpha value is -2.50. The smallest absolute Gasteiger partial charge is 0.156 e. The van der Waals surface area contributed by atoms with Gasteiger partial charge in [-0.1, -0.05) is 12.1 Å². The molecule has 1 aliphatic rings. The van der Waals surface area contributed by atoms with E-state index in [1.165, 1.54) is 12.1 Å². The molecule has 0 spiro atoms. The highest BCUT2D eigenvalue weighted by molar-refractivity contribution is 6.09. The number of rotatable bonds is 5. The number of amidine groups is 1. The lowest BCUT2D eigenvalue weighted by Crippen LogP contribution is -2.22. The second kappa shape index (κ2) is 6.60. The summed E-state index contributed by atoms with van der Waals surface area (Å²) in [7, 11) is 1.68. The number of nitrogens with zero attached hydrogens (tertiary/aromatic N) is 3. The van der Waals surface area contributed by atoms with Gasteiger partial charge in [0.25, 0.3) is 0 Å². The molecular formula is C14H16FN5. The average molecular weight is 273 g/mol. The van der Waals surface area contributed by atoms with Crippen LogP contribution in [0.3, 0.4) is 0 Å². The first-order valence-electron chi connectivity index (χ1n) is 6.20. The molecule has 1 heterocycles. The molecule has 1 aromatic carbocycles. The molecule has 5 nitrogen and oxygen atoms in total. The first-order valence-corrected chi connectivity index (χ1v) is 6.20. The Bertz CT molecular complexity index is 572. The van der Waals surface area contributed by atoms with Gasteiger partial charge in [0.15, 0.2) is 11.7 Å². The summed E-state index contributed by atoms with van der Waals surface area (Å²) in [5, 5.41) is 6.08. The maximum atomic E-state index is 12.8. The maximum absolute atomic E-state index is 12.8. The van der Waals surface area contributed by atoms with Gasteiger partial charge in [0.1, 0.15) is 11.5 Å². The van der Waals surface area contributed by atoms with Crippen molar-refractivity contribution >= 4 is 18.9 Å². The Kier molecular flexibility index (Phi) is 4.60. The molecule has 0 saturated heterocycles. The molecular weight excluding hydrogens is 257 g/mol. The van der Waals surface area contributed by atoms with Crippen molar-refractivity contribution in [1.82, 2.24) is 10.6 Å². The first-order chi connectivity index (χ1) is 9.74. The molecule has 0 saturated carbocycles. The Morgan fingerprint density at radius 2 is 2.15 bits per heavy atom. The zero-order chi connectivity index (χ0) is 14.4. The lowest BCUT2D eigenvalue weighted by molar-refractivity contribution is 0.626. The standard InChI is InChI=1S/C14H16FN5/c1-16-13(12-14(17-2)20-9-19-12)18-8-7-10-3-5-11(15)6-4-10/h3-6,9,18H,1,7-8H2,2H3,(H,17,19,20)/b13-12-. The van der Waals surface area contributed by atoms with Gasteiger partial charge in [-0.3, -0.25) is 4.99 Å². The monoisotopic (exact) mass is 273 g/mol. The topological polar surface area (TPSA) is 61.1 Å². The van der Waals surface area contributed by atoms with Crippen molar-refractivity contribution in [2.24, 2.45) is 15.0 Å². The highest BCUT2D eigenvalue weighted by atomic mass is 19.1. The van der Waals surface area contributed by atoms with Crippen LogP contribution < -0.4 is 10.6 Å². The van der Waals surface area contributed by atoms with Crippen molar-refractivity contribution in [1.29, 1.82) is 0 Å². The molecule has 0 unspecified atom stereocenters.